The Morgan fingerprint density at radius 1 is 0.441 bits per heavy atom. The van der Waals surface area contributed by atoms with Crippen LogP contribution in [0.4, 0.5) is 0 Å². The second-order valence-electron chi connectivity index (χ2n) is 8.33. The van der Waals surface area contributed by atoms with Crippen molar-refractivity contribution in [2.75, 3.05) is 19.8 Å². The Morgan fingerprint density at radius 2 is 0.853 bits per heavy atom. The van der Waals surface area contributed by atoms with Gasteiger partial charge in [0.15, 0.2) is 18.9 Å². The van der Waals surface area contributed by atoms with Gasteiger partial charge in [0.25, 0.3) is 0 Å². The molecule has 15 atom stereocenters. The molecule has 0 amide bonds. The fourth-order valence-corrected chi connectivity index (χ4v) is 4.06. The van der Waals surface area contributed by atoms with Gasteiger partial charge in [0, 0.05) is 0 Å². The Morgan fingerprint density at radius 3 is 1.35 bits per heavy atom. The lowest BCUT2D eigenvalue weighted by molar-refractivity contribution is -0.377. The molecule has 200 valence electrons. The summed E-state index contributed by atoms with van der Waals surface area (Å²) in [5.41, 5.74) is 0. The van der Waals surface area contributed by atoms with E-state index in [-0.39, 0.29) is 0 Å². The first kappa shape index (κ1) is 27.9. The Bertz CT molecular complexity index is 635. The first-order valence-corrected chi connectivity index (χ1v) is 10.6. The van der Waals surface area contributed by atoms with Gasteiger partial charge < -0.3 is 79.9 Å². The number of hydrogen-bond donors (Lipinski definition) is 11. The lowest BCUT2D eigenvalue weighted by atomic mass is 9.96. The van der Waals surface area contributed by atoms with Gasteiger partial charge >= 0.3 is 0 Å². The molecule has 0 unspecified atom stereocenters. The number of hydrogen-bond acceptors (Lipinski definition) is 16. The van der Waals surface area contributed by atoms with Gasteiger partial charge in [0.2, 0.25) is 0 Å². The third-order valence-electron chi connectivity index (χ3n) is 6.09. The van der Waals surface area contributed by atoms with Crippen LogP contribution >= 0.6 is 0 Å². The molecule has 0 aromatic heterocycles. The van der Waals surface area contributed by atoms with Gasteiger partial charge in [-0.15, -0.1) is 0 Å². The summed E-state index contributed by atoms with van der Waals surface area (Å²) in [6.07, 6.45) is -25.1. The largest absolute Gasteiger partial charge is 0.394 e. The van der Waals surface area contributed by atoms with E-state index >= 15 is 0 Å². The SMILES string of the molecule is OC[C@@H]1O[C@H](O[C@@H]2[C@@H](O)[C@H](O)[C@@H](O[C@@H]3[C@@H](O)[C@H](O)[C@@H](O)O[C@H]3CO)O[C@H]2CO)[C@@H](O)[C@H](O)[C@H]1O. The third-order valence-corrected chi connectivity index (χ3v) is 6.09. The van der Waals surface area contributed by atoms with Gasteiger partial charge in [0.05, 0.1) is 19.8 Å². The topological polar surface area (TPSA) is 269 Å². The van der Waals surface area contributed by atoms with Crippen molar-refractivity contribution < 1.29 is 79.9 Å². The lowest BCUT2D eigenvalue weighted by Crippen LogP contribution is -2.66. The molecule has 0 saturated carbocycles. The Hall–Kier alpha value is -0.640. The Labute approximate surface area is 192 Å². The van der Waals surface area contributed by atoms with Gasteiger partial charge in [-0.3, -0.25) is 0 Å². The average molecular weight is 504 g/mol. The van der Waals surface area contributed by atoms with Crippen LogP contribution in [0.2, 0.25) is 0 Å². The zero-order chi connectivity index (χ0) is 25.3. The molecule has 0 aliphatic carbocycles. The zero-order valence-corrected chi connectivity index (χ0v) is 17.7. The van der Waals surface area contributed by atoms with Crippen molar-refractivity contribution in [2.24, 2.45) is 0 Å². The smallest absolute Gasteiger partial charge is 0.187 e. The first-order valence-electron chi connectivity index (χ1n) is 10.6. The number of ether oxygens (including phenoxy) is 5. The molecule has 11 N–H and O–H groups in total. The molecular weight excluding hydrogens is 472 g/mol. The number of rotatable bonds is 7. The van der Waals surface area contributed by atoms with E-state index in [1.165, 1.54) is 0 Å². The highest BCUT2D eigenvalue weighted by molar-refractivity contribution is 4.96. The normalized spacial score (nSPS) is 52.5. The van der Waals surface area contributed by atoms with E-state index in [0.29, 0.717) is 0 Å². The average Bonchev–Trinajstić information content (AvgIpc) is 2.83. The molecule has 34 heavy (non-hydrogen) atoms. The maximum Gasteiger partial charge on any atom is 0.187 e. The van der Waals surface area contributed by atoms with E-state index in [9.17, 15) is 56.2 Å². The predicted octanol–water partition coefficient (Wildman–Crippen LogP) is -7.57. The summed E-state index contributed by atoms with van der Waals surface area (Å²) in [7, 11) is 0. The molecule has 0 aromatic carbocycles. The van der Waals surface area contributed by atoms with Crippen molar-refractivity contribution in [3.63, 3.8) is 0 Å². The zero-order valence-electron chi connectivity index (χ0n) is 17.7. The minimum atomic E-state index is -1.91. The molecule has 16 nitrogen and oxygen atoms in total. The summed E-state index contributed by atoms with van der Waals surface area (Å²) < 4.78 is 26.4. The van der Waals surface area contributed by atoms with Crippen molar-refractivity contribution in [1.82, 2.24) is 0 Å². The van der Waals surface area contributed by atoms with Crippen molar-refractivity contribution in [1.29, 1.82) is 0 Å². The fraction of sp³-hybridized carbons (Fsp3) is 1.00. The predicted molar refractivity (Wildman–Crippen MR) is 101 cm³/mol. The number of aliphatic hydroxyl groups excluding tert-OH is 11. The molecule has 3 rings (SSSR count). The molecule has 0 aromatic rings. The lowest BCUT2D eigenvalue weighted by Gasteiger charge is -2.47. The molecule has 3 fully saturated rings. The standard InChI is InChI=1S/C18H32O16/c19-1-4-7(22)8(23)12(27)17(31-4)34-15-6(3-21)32-18(13(28)10(15)25)33-14-5(2-20)30-16(29)11(26)9(14)24/h4-29H,1-3H2/t4-,5-,6-,7-,8+,9-,10-,11-,12-,13-,14-,15-,16-,17+,18+/m0/s1. The highest BCUT2D eigenvalue weighted by atomic mass is 16.8. The van der Waals surface area contributed by atoms with Crippen LogP contribution in [-0.2, 0) is 23.7 Å². The van der Waals surface area contributed by atoms with Crippen LogP contribution in [0.3, 0.4) is 0 Å². The first-order chi connectivity index (χ1) is 16.0. The second-order valence-corrected chi connectivity index (χ2v) is 8.33. The van der Waals surface area contributed by atoms with Crippen LogP contribution < -0.4 is 0 Å². The van der Waals surface area contributed by atoms with E-state index in [2.05, 4.69) is 0 Å². The molecule has 16 heteroatoms. The maximum atomic E-state index is 10.6. The van der Waals surface area contributed by atoms with Crippen LogP contribution in [-0.4, -0.2) is 168 Å². The molecular formula is C18H32O16. The maximum absolute atomic E-state index is 10.6. The van der Waals surface area contributed by atoms with E-state index in [1.54, 1.807) is 0 Å². The van der Waals surface area contributed by atoms with Crippen LogP contribution in [0, 0.1) is 0 Å². The second kappa shape index (κ2) is 11.6. The van der Waals surface area contributed by atoms with Crippen LogP contribution in [0.5, 0.6) is 0 Å². The highest BCUT2D eigenvalue weighted by Gasteiger charge is 2.53. The Kier molecular flexibility index (Phi) is 9.54. The van der Waals surface area contributed by atoms with Crippen molar-refractivity contribution in [3.8, 4) is 0 Å². The summed E-state index contributed by atoms with van der Waals surface area (Å²) in [5, 5.41) is 109. The summed E-state index contributed by atoms with van der Waals surface area (Å²) in [6, 6.07) is 0. The highest BCUT2D eigenvalue weighted by Crippen LogP contribution is 2.32. The van der Waals surface area contributed by atoms with Gasteiger partial charge in [-0.2, -0.15) is 0 Å². The van der Waals surface area contributed by atoms with Crippen LogP contribution in [0.15, 0.2) is 0 Å². The molecule has 3 aliphatic rings. The van der Waals surface area contributed by atoms with E-state index in [1.807, 2.05) is 0 Å². The van der Waals surface area contributed by atoms with Crippen LogP contribution in [0.1, 0.15) is 0 Å². The van der Waals surface area contributed by atoms with Crippen LogP contribution in [0.25, 0.3) is 0 Å². The summed E-state index contributed by atoms with van der Waals surface area (Å²) in [5.74, 6) is 0. The molecule has 3 saturated heterocycles. The molecule has 3 aliphatic heterocycles. The minimum absolute atomic E-state index is 0.741. The van der Waals surface area contributed by atoms with Gasteiger partial charge in [-0.1, -0.05) is 0 Å². The molecule has 3 heterocycles. The monoisotopic (exact) mass is 504 g/mol. The molecule has 0 spiro atoms. The van der Waals surface area contributed by atoms with E-state index < -0.39 is 112 Å². The third kappa shape index (κ3) is 5.37. The summed E-state index contributed by atoms with van der Waals surface area (Å²) in [4.78, 5) is 0. The number of aliphatic hydroxyl groups is 11. The Balaban J connectivity index is 1.72. The van der Waals surface area contributed by atoms with Gasteiger partial charge in [-0.25, -0.2) is 0 Å². The quantitative estimate of drug-likeness (QED) is 0.154. The fourth-order valence-electron chi connectivity index (χ4n) is 4.06. The van der Waals surface area contributed by atoms with E-state index in [4.69, 9.17) is 23.7 Å². The van der Waals surface area contributed by atoms with Gasteiger partial charge in [-0.05, 0) is 0 Å². The van der Waals surface area contributed by atoms with Gasteiger partial charge in [0.1, 0.15) is 73.2 Å². The van der Waals surface area contributed by atoms with Crippen molar-refractivity contribution in [3.05, 3.63) is 0 Å². The van der Waals surface area contributed by atoms with E-state index in [0.717, 1.165) is 0 Å². The minimum Gasteiger partial charge on any atom is -0.394 e. The summed E-state index contributed by atoms with van der Waals surface area (Å²) >= 11 is 0. The molecule has 0 bridgehead atoms. The van der Waals surface area contributed by atoms with Crippen molar-refractivity contribution in [2.45, 2.75) is 92.1 Å². The summed E-state index contributed by atoms with van der Waals surface area (Å²) in [6.45, 7) is -2.32. The molecule has 0 radical (unpaired) electrons. The van der Waals surface area contributed by atoms with Crippen molar-refractivity contribution >= 4 is 0 Å².